The maximum Gasteiger partial charge on any atom is 0.318 e. The van der Waals surface area contributed by atoms with Gasteiger partial charge in [-0.05, 0) is 37.0 Å². The van der Waals surface area contributed by atoms with Gasteiger partial charge >= 0.3 is 5.97 Å². The van der Waals surface area contributed by atoms with Crippen LogP contribution >= 0.6 is 0 Å². The van der Waals surface area contributed by atoms with Crippen molar-refractivity contribution in [1.29, 1.82) is 0 Å². The Bertz CT molecular complexity index is 576. The lowest BCUT2D eigenvalue weighted by Crippen LogP contribution is -2.37. The van der Waals surface area contributed by atoms with Gasteiger partial charge in [0.25, 0.3) is 0 Å². The topological polar surface area (TPSA) is 74.7 Å². The van der Waals surface area contributed by atoms with Gasteiger partial charge in [0.15, 0.2) is 0 Å². The molecule has 6 heteroatoms. The van der Waals surface area contributed by atoms with E-state index in [2.05, 4.69) is 6.92 Å². The van der Waals surface area contributed by atoms with E-state index in [1.54, 1.807) is 24.3 Å². The molecule has 1 aromatic rings. The number of aliphatic carboxylic acids is 1. The first-order valence-corrected chi connectivity index (χ1v) is 8.21. The normalized spacial score (nSPS) is 15.5. The van der Waals surface area contributed by atoms with Crippen LogP contribution in [-0.2, 0) is 21.2 Å². The number of hydrogen-bond donors (Lipinski definition) is 1. The van der Waals surface area contributed by atoms with Crippen molar-refractivity contribution in [2.75, 3.05) is 6.54 Å². The van der Waals surface area contributed by atoms with Crippen LogP contribution in [0.25, 0.3) is 0 Å². The number of rotatable bonds is 7. The first-order valence-electron chi connectivity index (χ1n) is 6.77. The quantitative estimate of drug-likeness (QED) is 0.834. The maximum absolute atomic E-state index is 12.5. The lowest BCUT2D eigenvalue weighted by molar-refractivity contribution is -0.137. The first-order chi connectivity index (χ1) is 9.45. The summed E-state index contributed by atoms with van der Waals surface area (Å²) in [7, 11) is -3.71. The fourth-order valence-electron chi connectivity index (χ4n) is 2.16. The fraction of sp³-hybridized carbons (Fsp3) is 0.500. The minimum Gasteiger partial charge on any atom is -0.480 e. The summed E-state index contributed by atoms with van der Waals surface area (Å²) in [4.78, 5) is 11.0. The molecule has 5 nitrogen and oxygen atoms in total. The summed E-state index contributed by atoms with van der Waals surface area (Å²) in [5.41, 5.74) is 1.09. The van der Waals surface area contributed by atoms with Gasteiger partial charge in [0, 0.05) is 6.04 Å². The van der Waals surface area contributed by atoms with Crippen LogP contribution in [0.2, 0.25) is 0 Å². The van der Waals surface area contributed by atoms with Crippen molar-refractivity contribution in [3.05, 3.63) is 29.8 Å². The number of sulfonamides is 1. The molecule has 1 aromatic carbocycles. The number of aryl methyl sites for hydroxylation is 1. The molecule has 0 atom stereocenters. The molecular weight excluding hydrogens is 278 g/mol. The zero-order valence-corrected chi connectivity index (χ0v) is 12.3. The molecule has 1 saturated carbocycles. The smallest absolute Gasteiger partial charge is 0.318 e. The van der Waals surface area contributed by atoms with Gasteiger partial charge in [-0.3, -0.25) is 4.79 Å². The third-order valence-electron chi connectivity index (χ3n) is 3.31. The van der Waals surface area contributed by atoms with Gasteiger partial charge < -0.3 is 5.11 Å². The summed E-state index contributed by atoms with van der Waals surface area (Å²) in [5, 5.41) is 8.88. The summed E-state index contributed by atoms with van der Waals surface area (Å²) >= 11 is 0. The summed E-state index contributed by atoms with van der Waals surface area (Å²) < 4.78 is 26.1. The molecule has 110 valence electrons. The van der Waals surface area contributed by atoms with E-state index in [-0.39, 0.29) is 10.9 Å². The molecular formula is C14H19NO4S. The molecule has 0 radical (unpaired) electrons. The molecule has 0 heterocycles. The van der Waals surface area contributed by atoms with Crippen molar-refractivity contribution in [3.8, 4) is 0 Å². The Morgan fingerprint density at radius 2 is 1.90 bits per heavy atom. The molecule has 0 aliphatic heterocycles. The van der Waals surface area contributed by atoms with Gasteiger partial charge in [-0.1, -0.05) is 25.5 Å². The van der Waals surface area contributed by atoms with Crippen LogP contribution in [-0.4, -0.2) is 36.4 Å². The monoisotopic (exact) mass is 297 g/mol. The van der Waals surface area contributed by atoms with E-state index >= 15 is 0 Å². The van der Waals surface area contributed by atoms with Crippen LogP contribution in [0.1, 0.15) is 31.7 Å². The third kappa shape index (κ3) is 3.37. The number of carboxylic acids is 1. The lowest BCUT2D eigenvalue weighted by Gasteiger charge is -2.20. The molecule has 1 aliphatic carbocycles. The number of nitrogens with zero attached hydrogens (tertiary/aromatic N) is 1. The van der Waals surface area contributed by atoms with E-state index in [9.17, 15) is 13.2 Å². The average molecular weight is 297 g/mol. The second-order valence-electron chi connectivity index (χ2n) is 5.07. The predicted octanol–water partition coefficient (Wildman–Crippen LogP) is 1.88. The Hall–Kier alpha value is -1.40. The van der Waals surface area contributed by atoms with Gasteiger partial charge in [0.05, 0.1) is 4.90 Å². The molecule has 0 aromatic heterocycles. The van der Waals surface area contributed by atoms with Crippen LogP contribution in [0, 0.1) is 0 Å². The molecule has 0 amide bonds. The molecule has 1 fully saturated rings. The van der Waals surface area contributed by atoms with Gasteiger partial charge in [-0.15, -0.1) is 0 Å². The van der Waals surface area contributed by atoms with E-state index < -0.39 is 22.5 Å². The molecule has 0 spiro atoms. The summed E-state index contributed by atoms with van der Waals surface area (Å²) in [6.45, 7) is 1.59. The minimum atomic E-state index is -3.71. The van der Waals surface area contributed by atoms with Crippen LogP contribution < -0.4 is 0 Å². The van der Waals surface area contributed by atoms with Crippen molar-refractivity contribution in [2.45, 2.75) is 43.5 Å². The first kappa shape index (κ1) is 15.0. The Morgan fingerprint density at radius 1 is 1.30 bits per heavy atom. The number of carboxylic acid groups (broad SMARTS) is 1. The largest absolute Gasteiger partial charge is 0.480 e. The molecule has 1 N–H and O–H groups in total. The zero-order chi connectivity index (χ0) is 14.8. The average Bonchev–Trinajstić information content (AvgIpc) is 3.21. The standard InChI is InChI=1S/C14H19NO4S/c1-2-3-11-4-8-13(9-5-11)20(18,19)15(10-14(16)17)12-6-7-12/h4-5,8-9,12H,2-3,6-7,10H2,1H3,(H,16,17). The lowest BCUT2D eigenvalue weighted by atomic mass is 10.1. The molecule has 2 rings (SSSR count). The second kappa shape index (κ2) is 5.93. The van der Waals surface area contributed by atoms with Crippen LogP contribution in [0.5, 0.6) is 0 Å². The number of hydrogen-bond acceptors (Lipinski definition) is 3. The van der Waals surface area contributed by atoms with Crippen molar-refractivity contribution < 1.29 is 18.3 Å². The van der Waals surface area contributed by atoms with Crippen LogP contribution in [0.4, 0.5) is 0 Å². The Morgan fingerprint density at radius 3 is 2.35 bits per heavy atom. The summed E-state index contributed by atoms with van der Waals surface area (Å²) in [6.07, 6.45) is 3.38. The second-order valence-corrected chi connectivity index (χ2v) is 6.96. The van der Waals surface area contributed by atoms with E-state index in [0.29, 0.717) is 0 Å². The fourth-order valence-corrected chi connectivity index (χ4v) is 3.79. The highest BCUT2D eigenvalue weighted by Crippen LogP contribution is 2.31. The number of carbonyl (C=O) groups is 1. The third-order valence-corrected chi connectivity index (χ3v) is 5.23. The highest BCUT2D eigenvalue weighted by atomic mass is 32.2. The van der Waals surface area contributed by atoms with Crippen LogP contribution in [0.3, 0.4) is 0 Å². The van der Waals surface area contributed by atoms with Gasteiger partial charge in [-0.25, -0.2) is 8.42 Å². The molecule has 1 aliphatic rings. The van der Waals surface area contributed by atoms with Crippen LogP contribution in [0.15, 0.2) is 29.2 Å². The van der Waals surface area contributed by atoms with Crippen molar-refractivity contribution in [1.82, 2.24) is 4.31 Å². The SMILES string of the molecule is CCCc1ccc(S(=O)(=O)N(CC(=O)O)C2CC2)cc1. The van der Waals surface area contributed by atoms with Crippen molar-refractivity contribution in [3.63, 3.8) is 0 Å². The highest BCUT2D eigenvalue weighted by Gasteiger charge is 2.39. The van der Waals surface area contributed by atoms with E-state index in [1.165, 1.54) is 0 Å². The number of benzene rings is 1. The Kier molecular flexibility index (Phi) is 4.45. The maximum atomic E-state index is 12.5. The molecule has 0 saturated heterocycles. The highest BCUT2D eigenvalue weighted by molar-refractivity contribution is 7.89. The summed E-state index contributed by atoms with van der Waals surface area (Å²) in [5.74, 6) is -1.12. The molecule has 0 bridgehead atoms. The molecule has 0 unspecified atom stereocenters. The van der Waals surface area contributed by atoms with E-state index in [1.807, 2.05) is 0 Å². The van der Waals surface area contributed by atoms with E-state index in [4.69, 9.17) is 5.11 Å². The van der Waals surface area contributed by atoms with Gasteiger partial charge in [0.2, 0.25) is 10.0 Å². The van der Waals surface area contributed by atoms with Crippen molar-refractivity contribution in [2.24, 2.45) is 0 Å². The predicted molar refractivity (Wildman–Crippen MR) is 75.0 cm³/mol. The zero-order valence-electron chi connectivity index (χ0n) is 11.4. The van der Waals surface area contributed by atoms with Gasteiger partial charge in [0.1, 0.15) is 6.54 Å². The minimum absolute atomic E-state index is 0.161. The molecule has 20 heavy (non-hydrogen) atoms. The summed E-state index contributed by atoms with van der Waals surface area (Å²) in [6, 6.07) is 6.56. The Balaban J connectivity index is 2.25. The Labute approximate surface area is 119 Å². The van der Waals surface area contributed by atoms with Gasteiger partial charge in [-0.2, -0.15) is 4.31 Å². The van der Waals surface area contributed by atoms with Crippen molar-refractivity contribution >= 4 is 16.0 Å². The van der Waals surface area contributed by atoms with E-state index in [0.717, 1.165) is 35.6 Å².